The highest BCUT2D eigenvalue weighted by Crippen LogP contribution is 2.36. The van der Waals surface area contributed by atoms with Gasteiger partial charge in [0.2, 0.25) is 0 Å². The van der Waals surface area contributed by atoms with E-state index in [2.05, 4.69) is 0 Å². The minimum atomic E-state index is -4.11. The molecule has 0 radical (unpaired) electrons. The lowest BCUT2D eigenvalue weighted by atomic mass is 10.1. The lowest BCUT2D eigenvalue weighted by Crippen LogP contribution is -2.16. The lowest BCUT2D eigenvalue weighted by molar-refractivity contribution is -0.145. The first kappa shape index (κ1) is 12.5. The van der Waals surface area contributed by atoms with Gasteiger partial charge in [0.15, 0.2) is 0 Å². The molecule has 1 aromatic heterocycles. The Kier molecular flexibility index (Phi) is 5.06. The molecule has 0 saturated carbocycles. The molecule has 0 aliphatic heterocycles. The smallest absolute Gasteiger partial charge is 0.170 e. The van der Waals surface area contributed by atoms with Crippen molar-refractivity contribution in [3.8, 4) is 0 Å². The van der Waals surface area contributed by atoms with Crippen LogP contribution in [-0.4, -0.2) is 6.18 Å². The molecule has 0 N–H and O–H groups in total. The minimum Gasteiger partial charge on any atom is -0.170 e. The van der Waals surface area contributed by atoms with E-state index in [0.29, 0.717) is 4.88 Å². The summed E-state index contributed by atoms with van der Waals surface area (Å²) in [5.74, 6) is -1.33. The van der Waals surface area contributed by atoms with Gasteiger partial charge in [0.05, 0.1) is 5.92 Å². The third kappa shape index (κ3) is 3.81. The molecule has 0 aromatic carbocycles. The first-order valence-corrected chi connectivity index (χ1v) is 5.00. The van der Waals surface area contributed by atoms with Gasteiger partial charge < -0.3 is 0 Å². The van der Waals surface area contributed by atoms with Crippen molar-refractivity contribution in [3.63, 3.8) is 0 Å². The summed E-state index contributed by atoms with van der Waals surface area (Å²) in [6.07, 6.45) is -4.11. The first-order chi connectivity index (χ1) is 6.02. The number of rotatable bonds is 1. The second kappa shape index (κ2) is 5.27. The molecule has 0 aliphatic carbocycles. The molecule has 1 aromatic rings. The van der Waals surface area contributed by atoms with Gasteiger partial charge in [-0.3, -0.25) is 0 Å². The molecule has 1 heterocycles. The molecule has 0 saturated heterocycles. The molecule has 4 heteroatoms. The molecule has 13 heavy (non-hydrogen) atoms. The third-order valence-electron chi connectivity index (χ3n) is 1.46. The summed E-state index contributed by atoms with van der Waals surface area (Å²) in [6, 6.07) is 3.13. The molecule has 1 atom stereocenters. The van der Waals surface area contributed by atoms with E-state index in [9.17, 15) is 13.2 Å². The average Bonchev–Trinajstić information content (AvgIpc) is 2.57. The first-order valence-electron chi connectivity index (χ1n) is 4.12. The van der Waals surface area contributed by atoms with Crippen LogP contribution in [0.25, 0.3) is 0 Å². The van der Waals surface area contributed by atoms with Crippen LogP contribution >= 0.6 is 11.3 Å². The molecular formula is C9H13F3S. The van der Waals surface area contributed by atoms with Crippen molar-refractivity contribution in [2.24, 2.45) is 0 Å². The van der Waals surface area contributed by atoms with Gasteiger partial charge in [-0.1, -0.05) is 19.9 Å². The zero-order valence-corrected chi connectivity index (χ0v) is 8.67. The Morgan fingerprint density at radius 1 is 1.31 bits per heavy atom. The summed E-state index contributed by atoms with van der Waals surface area (Å²) in [5, 5.41) is 1.65. The topological polar surface area (TPSA) is 0 Å². The van der Waals surface area contributed by atoms with E-state index in [1.165, 1.54) is 13.0 Å². The largest absolute Gasteiger partial charge is 0.396 e. The predicted molar refractivity (Wildman–Crippen MR) is 50.1 cm³/mol. The molecule has 0 spiro atoms. The Morgan fingerprint density at radius 2 is 1.85 bits per heavy atom. The summed E-state index contributed by atoms with van der Waals surface area (Å²) in [4.78, 5) is 0.373. The molecule has 0 fully saturated rings. The summed E-state index contributed by atoms with van der Waals surface area (Å²) in [7, 11) is 0. The van der Waals surface area contributed by atoms with Crippen LogP contribution in [0, 0.1) is 0 Å². The van der Waals surface area contributed by atoms with E-state index < -0.39 is 12.1 Å². The fourth-order valence-corrected chi connectivity index (χ4v) is 1.51. The van der Waals surface area contributed by atoms with E-state index in [0.717, 1.165) is 11.3 Å². The van der Waals surface area contributed by atoms with Crippen molar-refractivity contribution in [1.29, 1.82) is 0 Å². The Morgan fingerprint density at radius 3 is 2.15 bits per heavy atom. The molecule has 76 valence electrons. The van der Waals surface area contributed by atoms with Crippen molar-refractivity contribution in [3.05, 3.63) is 22.4 Å². The Hall–Kier alpha value is -0.510. The third-order valence-corrected chi connectivity index (χ3v) is 2.52. The standard InChI is InChI=1S/C7H7F3S.C2H6/c1-5(7(8,9)10)6-3-2-4-11-6;1-2/h2-5H,1H3;1-2H3. The minimum absolute atomic E-state index is 0.373. The van der Waals surface area contributed by atoms with Crippen molar-refractivity contribution in [2.75, 3.05) is 0 Å². The molecule has 1 unspecified atom stereocenters. The normalized spacial score (nSPS) is 13.1. The molecule has 1 rings (SSSR count). The van der Waals surface area contributed by atoms with E-state index in [-0.39, 0.29) is 0 Å². The summed E-state index contributed by atoms with van der Waals surface area (Å²) in [5.41, 5.74) is 0. The van der Waals surface area contributed by atoms with Crippen molar-refractivity contribution in [1.82, 2.24) is 0 Å². The molecule has 0 bridgehead atoms. The Balaban J connectivity index is 0.000000671. The molecule has 0 amide bonds. The molecule has 0 nitrogen and oxygen atoms in total. The highest BCUT2D eigenvalue weighted by molar-refractivity contribution is 7.10. The second-order valence-corrected chi connectivity index (χ2v) is 3.26. The van der Waals surface area contributed by atoms with Gasteiger partial charge in [-0.25, -0.2) is 0 Å². The van der Waals surface area contributed by atoms with Crippen molar-refractivity contribution >= 4 is 11.3 Å². The number of thiophene rings is 1. The maximum Gasteiger partial charge on any atom is 0.396 e. The maximum absolute atomic E-state index is 12.0. The van der Waals surface area contributed by atoms with Gasteiger partial charge in [-0.05, 0) is 18.4 Å². The van der Waals surface area contributed by atoms with Gasteiger partial charge in [-0.15, -0.1) is 11.3 Å². The SMILES string of the molecule is CC.CC(c1cccs1)C(F)(F)F. The zero-order chi connectivity index (χ0) is 10.5. The number of alkyl halides is 3. The van der Waals surface area contributed by atoms with E-state index >= 15 is 0 Å². The van der Waals surface area contributed by atoms with Gasteiger partial charge in [0, 0.05) is 4.88 Å². The van der Waals surface area contributed by atoms with Crippen LogP contribution in [0.2, 0.25) is 0 Å². The lowest BCUT2D eigenvalue weighted by Gasteiger charge is -2.12. The average molecular weight is 210 g/mol. The molecular weight excluding hydrogens is 197 g/mol. The fourth-order valence-electron chi connectivity index (χ4n) is 0.699. The summed E-state index contributed by atoms with van der Waals surface area (Å²) >= 11 is 1.14. The zero-order valence-electron chi connectivity index (χ0n) is 7.85. The van der Waals surface area contributed by atoms with Gasteiger partial charge in [-0.2, -0.15) is 13.2 Å². The number of hydrogen-bond acceptors (Lipinski definition) is 1. The van der Waals surface area contributed by atoms with Crippen molar-refractivity contribution in [2.45, 2.75) is 32.9 Å². The van der Waals surface area contributed by atoms with E-state index in [4.69, 9.17) is 0 Å². The Labute approximate surface area is 80.4 Å². The van der Waals surface area contributed by atoms with Crippen LogP contribution in [-0.2, 0) is 0 Å². The van der Waals surface area contributed by atoms with Gasteiger partial charge in [0.25, 0.3) is 0 Å². The van der Waals surface area contributed by atoms with E-state index in [1.807, 2.05) is 13.8 Å². The van der Waals surface area contributed by atoms with Crippen LogP contribution in [0.4, 0.5) is 13.2 Å². The monoisotopic (exact) mass is 210 g/mol. The van der Waals surface area contributed by atoms with Crippen LogP contribution in [0.15, 0.2) is 17.5 Å². The number of halogens is 3. The highest BCUT2D eigenvalue weighted by Gasteiger charge is 2.37. The van der Waals surface area contributed by atoms with E-state index in [1.54, 1.807) is 11.4 Å². The van der Waals surface area contributed by atoms with Crippen LogP contribution < -0.4 is 0 Å². The van der Waals surface area contributed by atoms with Crippen LogP contribution in [0.3, 0.4) is 0 Å². The van der Waals surface area contributed by atoms with Gasteiger partial charge in [0.1, 0.15) is 0 Å². The fraction of sp³-hybridized carbons (Fsp3) is 0.556. The Bertz CT molecular complexity index is 213. The summed E-state index contributed by atoms with van der Waals surface area (Å²) in [6.45, 7) is 5.17. The highest BCUT2D eigenvalue weighted by atomic mass is 32.1. The van der Waals surface area contributed by atoms with Crippen LogP contribution in [0.5, 0.6) is 0 Å². The second-order valence-electron chi connectivity index (χ2n) is 2.28. The predicted octanol–water partition coefficient (Wildman–Crippen LogP) is 4.44. The van der Waals surface area contributed by atoms with Crippen molar-refractivity contribution < 1.29 is 13.2 Å². The van der Waals surface area contributed by atoms with Crippen LogP contribution in [0.1, 0.15) is 31.6 Å². The quantitative estimate of drug-likeness (QED) is 0.642. The summed E-state index contributed by atoms with van der Waals surface area (Å²) < 4.78 is 36.1. The molecule has 0 aliphatic rings. The number of hydrogen-bond donors (Lipinski definition) is 0. The van der Waals surface area contributed by atoms with Gasteiger partial charge >= 0.3 is 6.18 Å². The maximum atomic E-state index is 12.0.